The van der Waals surface area contributed by atoms with Crippen molar-refractivity contribution in [2.24, 2.45) is 0 Å². The van der Waals surface area contributed by atoms with Gasteiger partial charge in [0.05, 0.1) is 0 Å². The Hall–Kier alpha value is -1.32. The molecular weight excluding hydrogens is 220 g/mol. The smallest absolute Gasteiger partial charge is 0.347 e. The van der Waals surface area contributed by atoms with Gasteiger partial charge in [0.1, 0.15) is 6.10 Å². The molecular formula is C13H20O4. The second-order valence-electron chi connectivity index (χ2n) is 4.28. The van der Waals surface area contributed by atoms with Gasteiger partial charge in [-0.3, -0.25) is 0 Å². The summed E-state index contributed by atoms with van der Waals surface area (Å²) in [6.45, 7) is 3.25. The molecule has 0 radical (unpaired) electrons. The minimum Gasteiger partial charge on any atom is -0.460 e. The van der Waals surface area contributed by atoms with E-state index in [1.807, 2.05) is 0 Å². The predicted molar refractivity (Wildman–Crippen MR) is 63.3 cm³/mol. The SMILES string of the molecule is C/C=C/C(=O)OC(C)C(=O)OC1CCCCC1. The zero-order chi connectivity index (χ0) is 12.7. The first-order valence-corrected chi connectivity index (χ1v) is 6.17. The predicted octanol–water partition coefficient (Wildman–Crippen LogP) is 2.37. The third-order valence-corrected chi connectivity index (χ3v) is 2.76. The minimum absolute atomic E-state index is 0.000815. The van der Waals surface area contributed by atoms with Crippen molar-refractivity contribution >= 4 is 11.9 Å². The quantitative estimate of drug-likeness (QED) is 0.559. The lowest BCUT2D eigenvalue weighted by Crippen LogP contribution is -2.30. The molecule has 1 unspecified atom stereocenters. The summed E-state index contributed by atoms with van der Waals surface area (Å²) in [7, 11) is 0. The fourth-order valence-electron chi connectivity index (χ4n) is 1.84. The highest BCUT2D eigenvalue weighted by molar-refractivity contribution is 5.85. The molecule has 96 valence electrons. The van der Waals surface area contributed by atoms with Crippen molar-refractivity contribution in [3.63, 3.8) is 0 Å². The van der Waals surface area contributed by atoms with E-state index in [9.17, 15) is 9.59 Å². The van der Waals surface area contributed by atoms with Crippen molar-refractivity contribution < 1.29 is 19.1 Å². The van der Waals surface area contributed by atoms with E-state index in [1.165, 1.54) is 19.4 Å². The molecule has 1 rings (SSSR count). The molecule has 1 aliphatic rings. The molecule has 1 aliphatic carbocycles. The summed E-state index contributed by atoms with van der Waals surface area (Å²) in [5.41, 5.74) is 0. The Labute approximate surface area is 102 Å². The molecule has 0 spiro atoms. The van der Waals surface area contributed by atoms with Gasteiger partial charge in [0.25, 0.3) is 0 Å². The van der Waals surface area contributed by atoms with E-state index in [1.54, 1.807) is 13.0 Å². The van der Waals surface area contributed by atoms with Gasteiger partial charge in [0, 0.05) is 6.08 Å². The lowest BCUT2D eigenvalue weighted by atomic mass is 9.98. The van der Waals surface area contributed by atoms with E-state index in [4.69, 9.17) is 9.47 Å². The first-order valence-electron chi connectivity index (χ1n) is 6.17. The summed E-state index contributed by atoms with van der Waals surface area (Å²) < 4.78 is 10.2. The van der Waals surface area contributed by atoms with E-state index in [-0.39, 0.29) is 6.10 Å². The Morgan fingerprint density at radius 3 is 2.47 bits per heavy atom. The maximum atomic E-state index is 11.6. The average molecular weight is 240 g/mol. The van der Waals surface area contributed by atoms with Crippen molar-refractivity contribution in [3.8, 4) is 0 Å². The van der Waals surface area contributed by atoms with Crippen molar-refractivity contribution in [1.82, 2.24) is 0 Å². The van der Waals surface area contributed by atoms with Crippen LogP contribution in [0.15, 0.2) is 12.2 Å². The molecule has 17 heavy (non-hydrogen) atoms. The average Bonchev–Trinajstić information content (AvgIpc) is 2.30. The Morgan fingerprint density at radius 1 is 1.24 bits per heavy atom. The number of carbonyl (C=O) groups is 2. The van der Waals surface area contributed by atoms with Gasteiger partial charge in [-0.2, -0.15) is 0 Å². The van der Waals surface area contributed by atoms with Gasteiger partial charge in [-0.1, -0.05) is 12.5 Å². The lowest BCUT2D eigenvalue weighted by Gasteiger charge is -2.23. The van der Waals surface area contributed by atoms with Crippen molar-refractivity contribution in [2.45, 2.75) is 58.2 Å². The summed E-state index contributed by atoms with van der Waals surface area (Å²) in [4.78, 5) is 22.8. The Kier molecular flexibility index (Phi) is 5.73. The Bertz CT molecular complexity index is 290. The maximum Gasteiger partial charge on any atom is 0.347 e. The highest BCUT2D eigenvalue weighted by Crippen LogP contribution is 2.20. The molecule has 0 heterocycles. The third-order valence-electron chi connectivity index (χ3n) is 2.76. The standard InChI is InChI=1S/C13H20O4/c1-3-7-12(14)16-10(2)13(15)17-11-8-5-4-6-9-11/h3,7,10-11H,4-6,8-9H2,1-2H3/b7-3+. The summed E-state index contributed by atoms with van der Waals surface area (Å²) in [6.07, 6.45) is 7.27. The van der Waals surface area contributed by atoms with Crippen LogP contribution < -0.4 is 0 Å². The van der Waals surface area contributed by atoms with Crippen molar-refractivity contribution in [1.29, 1.82) is 0 Å². The Balaban J connectivity index is 2.32. The van der Waals surface area contributed by atoms with E-state index in [2.05, 4.69) is 0 Å². The second-order valence-corrected chi connectivity index (χ2v) is 4.28. The molecule has 4 heteroatoms. The van der Waals surface area contributed by atoms with Crippen LogP contribution in [0.2, 0.25) is 0 Å². The first-order chi connectivity index (χ1) is 8.13. The molecule has 0 aromatic carbocycles. The van der Waals surface area contributed by atoms with Gasteiger partial charge in [-0.05, 0) is 39.5 Å². The van der Waals surface area contributed by atoms with Crippen molar-refractivity contribution in [3.05, 3.63) is 12.2 Å². The summed E-state index contributed by atoms with van der Waals surface area (Å²) in [5.74, 6) is -0.963. The van der Waals surface area contributed by atoms with E-state index in [0.717, 1.165) is 25.7 Å². The highest BCUT2D eigenvalue weighted by Gasteiger charge is 2.23. The van der Waals surface area contributed by atoms with Crippen LogP contribution in [0, 0.1) is 0 Å². The van der Waals surface area contributed by atoms with Crippen LogP contribution in [-0.4, -0.2) is 24.1 Å². The number of carbonyl (C=O) groups excluding carboxylic acids is 2. The molecule has 0 N–H and O–H groups in total. The number of esters is 2. The molecule has 1 fully saturated rings. The van der Waals surface area contributed by atoms with Gasteiger partial charge in [-0.15, -0.1) is 0 Å². The number of hydrogen-bond acceptors (Lipinski definition) is 4. The molecule has 1 atom stereocenters. The van der Waals surface area contributed by atoms with Crippen LogP contribution in [-0.2, 0) is 19.1 Å². The number of allylic oxidation sites excluding steroid dienone is 1. The highest BCUT2D eigenvalue weighted by atomic mass is 16.6. The van der Waals surface area contributed by atoms with Gasteiger partial charge in [0.15, 0.2) is 6.10 Å². The van der Waals surface area contributed by atoms with Crippen molar-refractivity contribution in [2.75, 3.05) is 0 Å². The molecule has 0 aliphatic heterocycles. The number of ether oxygens (including phenoxy) is 2. The second kappa shape index (κ2) is 7.09. The van der Waals surface area contributed by atoms with Gasteiger partial charge in [0.2, 0.25) is 0 Å². The largest absolute Gasteiger partial charge is 0.460 e. The van der Waals surface area contributed by atoms with E-state index < -0.39 is 18.0 Å². The van der Waals surface area contributed by atoms with E-state index >= 15 is 0 Å². The zero-order valence-electron chi connectivity index (χ0n) is 10.5. The van der Waals surface area contributed by atoms with Crippen LogP contribution in [0.5, 0.6) is 0 Å². The van der Waals surface area contributed by atoms with Crippen LogP contribution in [0.3, 0.4) is 0 Å². The molecule has 4 nitrogen and oxygen atoms in total. The van der Waals surface area contributed by atoms with Gasteiger partial charge in [-0.25, -0.2) is 9.59 Å². The minimum atomic E-state index is -0.833. The van der Waals surface area contributed by atoms with Crippen LogP contribution in [0.1, 0.15) is 46.0 Å². The van der Waals surface area contributed by atoms with Gasteiger partial charge < -0.3 is 9.47 Å². The number of rotatable bonds is 4. The van der Waals surface area contributed by atoms with Gasteiger partial charge >= 0.3 is 11.9 Å². The molecule has 0 bridgehead atoms. The van der Waals surface area contributed by atoms with Crippen LogP contribution in [0.4, 0.5) is 0 Å². The van der Waals surface area contributed by atoms with Crippen LogP contribution >= 0.6 is 0 Å². The molecule has 0 saturated heterocycles. The first kappa shape index (κ1) is 13.7. The maximum absolute atomic E-state index is 11.6. The molecule has 1 saturated carbocycles. The fourth-order valence-corrected chi connectivity index (χ4v) is 1.84. The summed E-state index contributed by atoms with van der Waals surface area (Å²) in [6, 6.07) is 0. The normalized spacial score (nSPS) is 18.9. The van der Waals surface area contributed by atoms with Crippen LogP contribution in [0.25, 0.3) is 0 Å². The topological polar surface area (TPSA) is 52.6 Å². The van der Waals surface area contributed by atoms with E-state index in [0.29, 0.717) is 0 Å². The molecule has 0 amide bonds. The Morgan fingerprint density at radius 2 is 1.88 bits per heavy atom. The summed E-state index contributed by atoms with van der Waals surface area (Å²) in [5, 5.41) is 0. The zero-order valence-corrected chi connectivity index (χ0v) is 10.5. The summed E-state index contributed by atoms with van der Waals surface area (Å²) >= 11 is 0. The molecule has 0 aromatic rings. The number of hydrogen-bond donors (Lipinski definition) is 0. The fraction of sp³-hybridized carbons (Fsp3) is 0.692. The monoisotopic (exact) mass is 240 g/mol. The lowest BCUT2D eigenvalue weighted by molar-refractivity contribution is -0.168. The molecule has 0 aromatic heterocycles. The third kappa shape index (κ3) is 5.02.